The molecule has 6 heteroatoms. The van der Waals surface area contributed by atoms with E-state index in [1.807, 2.05) is 24.3 Å². The van der Waals surface area contributed by atoms with Crippen LogP contribution in [0.15, 0.2) is 17.5 Å². The lowest BCUT2D eigenvalue weighted by Crippen LogP contribution is -2.30. The van der Waals surface area contributed by atoms with E-state index in [0.29, 0.717) is 5.95 Å². The maximum absolute atomic E-state index is 5.78. The molecule has 2 aromatic heterocycles. The Bertz CT molecular complexity index is 580. The van der Waals surface area contributed by atoms with Crippen LogP contribution in [0.3, 0.4) is 0 Å². The van der Waals surface area contributed by atoms with Crippen LogP contribution in [0.1, 0.15) is 17.4 Å². The molecule has 0 atom stereocenters. The number of fused-ring (bicyclic) bond motifs is 1. The largest absolute Gasteiger partial charge is 0.370 e. The minimum atomic E-state index is 0.324. The number of nitrogens with two attached hydrogens (primary N) is 1. The van der Waals surface area contributed by atoms with E-state index in [2.05, 4.69) is 31.6 Å². The van der Waals surface area contributed by atoms with Crippen LogP contribution >= 0.6 is 11.3 Å². The van der Waals surface area contributed by atoms with Crippen LogP contribution in [0.25, 0.3) is 0 Å². The van der Waals surface area contributed by atoms with Crippen molar-refractivity contribution in [3.8, 4) is 0 Å². The van der Waals surface area contributed by atoms with Gasteiger partial charge in [-0.2, -0.15) is 9.97 Å². The van der Waals surface area contributed by atoms with Crippen LogP contribution < -0.4 is 16.0 Å². The van der Waals surface area contributed by atoms with Gasteiger partial charge < -0.3 is 16.0 Å². The maximum Gasteiger partial charge on any atom is 0.223 e. The summed E-state index contributed by atoms with van der Waals surface area (Å²) in [6.07, 6.45) is 1.08. The Kier molecular flexibility index (Phi) is 3.25. The maximum atomic E-state index is 5.78. The number of nitrogens with zero attached hydrogens (tertiary/aromatic N) is 3. The quantitative estimate of drug-likeness (QED) is 0.898. The Hall–Kier alpha value is -1.82. The number of thiophene rings is 1. The van der Waals surface area contributed by atoms with Gasteiger partial charge in [0, 0.05) is 30.6 Å². The van der Waals surface area contributed by atoms with E-state index in [1.54, 1.807) is 0 Å². The van der Waals surface area contributed by atoms with Crippen LogP contribution in [0, 0.1) is 0 Å². The number of hydrogen-bond donors (Lipinski definition) is 2. The van der Waals surface area contributed by atoms with Gasteiger partial charge in [0.2, 0.25) is 5.95 Å². The standard InChI is InChI=1S/C13H17N5S/c1-2-15-11-7-12(17-13(14)16-11)18-5-3-10-9(8-18)4-6-19-10/h4,6-7H,2-3,5,8H2,1H3,(H3,14,15,16,17). The van der Waals surface area contributed by atoms with Crippen molar-refractivity contribution in [1.82, 2.24) is 9.97 Å². The third-order valence-corrected chi connectivity index (χ3v) is 4.24. The summed E-state index contributed by atoms with van der Waals surface area (Å²) in [5.74, 6) is 2.02. The van der Waals surface area contributed by atoms with E-state index >= 15 is 0 Å². The van der Waals surface area contributed by atoms with Gasteiger partial charge in [-0.25, -0.2) is 0 Å². The zero-order valence-electron chi connectivity index (χ0n) is 10.9. The number of rotatable bonds is 3. The summed E-state index contributed by atoms with van der Waals surface area (Å²) in [6, 6.07) is 4.17. The van der Waals surface area contributed by atoms with Gasteiger partial charge in [-0.15, -0.1) is 11.3 Å². The molecule has 19 heavy (non-hydrogen) atoms. The van der Waals surface area contributed by atoms with Crippen molar-refractivity contribution in [1.29, 1.82) is 0 Å². The molecule has 0 saturated carbocycles. The topological polar surface area (TPSA) is 67.1 Å². The molecule has 2 aromatic rings. The van der Waals surface area contributed by atoms with E-state index in [9.17, 15) is 0 Å². The zero-order valence-corrected chi connectivity index (χ0v) is 11.7. The van der Waals surface area contributed by atoms with Crippen molar-refractivity contribution in [3.05, 3.63) is 28.0 Å². The van der Waals surface area contributed by atoms with Crippen molar-refractivity contribution in [2.45, 2.75) is 19.9 Å². The number of nitrogen functional groups attached to an aromatic ring is 1. The molecule has 0 aliphatic carbocycles. The number of aromatic nitrogens is 2. The molecule has 3 N–H and O–H groups in total. The summed E-state index contributed by atoms with van der Waals surface area (Å²) in [5, 5.41) is 5.35. The van der Waals surface area contributed by atoms with E-state index in [4.69, 9.17) is 5.73 Å². The predicted molar refractivity (Wildman–Crippen MR) is 79.7 cm³/mol. The fourth-order valence-corrected chi connectivity index (χ4v) is 3.22. The first kappa shape index (κ1) is 12.2. The number of anilines is 3. The highest BCUT2D eigenvalue weighted by Gasteiger charge is 2.19. The molecule has 1 aliphatic rings. The molecule has 0 aromatic carbocycles. The van der Waals surface area contributed by atoms with Crippen molar-refractivity contribution >= 4 is 28.9 Å². The van der Waals surface area contributed by atoms with Crippen LogP contribution in [0.2, 0.25) is 0 Å². The highest BCUT2D eigenvalue weighted by Crippen LogP contribution is 2.27. The lowest BCUT2D eigenvalue weighted by molar-refractivity contribution is 0.731. The van der Waals surface area contributed by atoms with Crippen molar-refractivity contribution in [2.75, 3.05) is 29.0 Å². The van der Waals surface area contributed by atoms with Crippen LogP contribution in [0.4, 0.5) is 17.6 Å². The number of nitrogens with one attached hydrogen (secondary N) is 1. The lowest BCUT2D eigenvalue weighted by atomic mass is 10.1. The fourth-order valence-electron chi connectivity index (χ4n) is 2.33. The first-order valence-corrected chi connectivity index (χ1v) is 7.33. The van der Waals surface area contributed by atoms with Crippen molar-refractivity contribution in [2.24, 2.45) is 0 Å². The molecule has 0 bridgehead atoms. The first-order chi connectivity index (χ1) is 9.26. The summed E-state index contributed by atoms with van der Waals surface area (Å²) < 4.78 is 0. The average molecular weight is 275 g/mol. The Morgan fingerprint density at radius 3 is 3.21 bits per heavy atom. The van der Waals surface area contributed by atoms with Crippen LogP contribution in [0.5, 0.6) is 0 Å². The highest BCUT2D eigenvalue weighted by atomic mass is 32.1. The first-order valence-electron chi connectivity index (χ1n) is 6.45. The van der Waals surface area contributed by atoms with E-state index in [1.165, 1.54) is 10.4 Å². The van der Waals surface area contributed by atoms with E-state index in [0.717, 1.165) is 37.7 Å². The number of hydrogen-bond acceptors (Lipinski definition) is 6. The smallest absolute Gasteiger partial charge is 0.223 e. The van der Waals surface area contributed by atoms with E-state index in [-0.39, 0.29) is 0 Å². The second-order valence-corrected chi connectivity index (χ2v) is 5.54. The average Bonchev–Trinajstić information content (AvgIpc) is 2.85. The van der Waals surface area contributed by atoms with Gasteiger partial charge in [0.15, 0.2) is 0 Å². The SMILES string of the molecule is CCNc1cc(N2CCc3sccc3C2)nc(N)n1. The Morgan fingerprint density at radius 2 is 2.37 bits per heavy atom. The van der Waals surface area contributed by atoms with Gasteiger partial charge in [-0.05, 0) is 30.4 Å². The second-order valence-electron chi connectivity index (χ2n) is 4.54. The summed E-state index contributed by atoms with van der Waals surface area (Å²) in [7, 11) is 0. The monoisotopic (exact) mass is 275 g/mol. The Balaban J connectivity index is 1.87. The molecule has 0 spiro atoms. The minimum absolute atomic E-state index is 0.324. The molecule has 3 rings (SSSR count). The third-order valence-electron chi connectivity index (χ3n) is 3.22. The third kappa shape index (κ3) is 2.49. The molecule has 0 saturated heterocycles. The molecular weight excluding hydrogens is 258 g/mol. The molecule has 5 nitrogen and oxygen atoms in total. The van der Waals surface area contributed by atoms with Crippen molar-refractivity contribution < 1.29 is 0 Å². The normalized spacial score (nSPS) is 14.3. The molecule has 1 aliphatic heterocycles. The van der Waals surface area contributed by atoms with Gasteiger partial charge in [0.1, 0.15) is 11.6 Å². The summed E-state index contributed by atoms with van der Waals surface area (Å²) in [4.78, 5) is 12.3. The second kappa shape index (κ2) is 5.05. The summed E-state index contributed by atoms with van der Waals surface area (Å²) in [5.41, 5.74) is 7.19. The zero-order chi connectivity index (χ0) is 13.2. The predicted octanol–water partition coefficient (Wildman–Crippen LogP) is 2.11. The molecule has 100 valence electrons. The van der Waals surface area contributed by atoms with Crippen LogP contribution in [-0.4, -0.2) is 23.1 Å². The fraction of sp³-hybridized carbons (Fsp3) is 0.385. The highest BCUT2D eigenvalue weighted by molar-refractivity contribution is 7.10. The van der Waals surface area contributed by atoms with Crippen molar-refractivity contribution in [3.63, 3.8) is 0 Å². The lowest BCUT2D eigenvalue weighted by Gasteiger charge is -2.28. The van der Waals surface area contributed by atoms with Gasteiger partial charge in [0.25, 0.3) is 0 Å². The van der Waals surface area contributed by atoms with E-state index < -0.39 is 0 Å². The molecule has 0 unspecified atom stereocenters. The molecule has 0 fully saturated rings. The Morgan fingerprint density at radius 1 is 1.47 bits per heavy atom. The summed E-state index contributed by atoms with van der Waals surface area (Å²) >= 11 is 1.84. The minimum Gasteiger partial charge on any atom is -0.370 e. The molecular formula is C13H17N5S. The van der Waals surface area contributed by atoms with Crippen LogP contribution in [-0.2, 0) is 13.0 Å². The van der Waals surface area contributed by atoms with Gasteiger partial charge >= 0.3 is 0 Å². The molecule has 0 amide bonds. The van der Waals surface area contributed by atoms with Gasteiger partial charge in [-0.3, -0.25) is 0 Å². The Labute approximate surface area is 116 Å². The summed E-state index contributed by atoms with van der Waals surface area (Å²) in [6.45, 7) is 4.75. The van der Waals surface area contributed by atoms with Gasteiger partial charge in [-0.1, -0.05) is 0 Å². The van der Waals surface area contributed by atoms with Gasteiger partial charge in [0.05, 0.1) is 0 Å². The molecule has 3 heterocycles. The molecule has 0 radical (unpaired) electrons.